The number of aliphatic hydroxyl groups is 1. The Morgan fingerprint density at radius 1 is 1.28 bits per heavy atom. The monoisotopic (exact) mass is 499 g/mol. The molecule has 36 heavy (non-hydrogen) atoms. The van der Waals surface area contributed by atoms with Crippen molar-refractivity contribution in [2.24, 2.45) is 5.73 Å². The Morgan fingerprint density at radius 3 is 2.75 bits per heavy atom. The molecule has 0 bridgehead atoms. The van der Waals surface area contributed by atoms with Gasteiger partial charge in [0.2, 0.25) is 0 Å². The van der Waals surface area contributed by atoms with Gasteiger partial charge in [0.05, 0.1) is 25.6 Å². The van der Waals surface area contributed by atoms with Crippen molar-refractivity contribution in [2.45, 2.75) is 63.8 Å². The summed E-state index contributed by atoms with van der Waals surface area (Å²) >= 11 is 0. The number of imidazole rings is 1. The second kappa shape index (κ2) is 11.1. The first-order valence-electron chi connectivity index (χ1n) is 12.0. The van der Waals surface area contributed by atoms with Crippen LogP contribution in [0.3, 0.4) is 0 Å². The molecule has 1 aliphatic rings. The Hall–Kier alpha value is -3.48. The Balaban J connectivity index is 1.59. The molecule has 1 aliphatic heterocycles. The fourth-order valence-corrected chi connectivity index (χ4v) is 4.22. The van der Waals surface area contributed by atoms with E-state index < -0.39 is 30.4 Å². The van der Waals surface area contributed by atoms with E-state index in [2.05, 4.69) is 39.4 Å². The summed E-state index contributed by atoms with van der Waals surface area (Å²) in [5.74, 6) is 1.57. The summed E-state index contributed by atoms with van der Waals surface area (Å²) in [6, 6.07) is 4.80. The average molecular weight is 500 g/mol. The highest BCUT2D eigenvalue weighted by Crippen LogP contribution is 2.32. The highest BCUT2D eigenvalue weighted by molar-refractivity contribution is 5.83. The predicted molar refractivity (Wildman–Crippen MR) is 133 cm³/mol. The SMILES string of the molecule is CCC(CC)Oc1ccc(OC)cc1CNc1ncnc2c1ncn2[C@@H]1O[C@H](C(=O)NC)[C@@H](N)[C@H]1O. The van der Waals surface area contributed by atoms with Gasteiger partial charge < -0.3 is 35.7 Å². The third-order valence-corrected chi connectivity index (χ3v) is 6.38. The molecule has 0 spiro atoms. The summed E-state index contributed by atoms with van der Waals surface area (Å²) < 4.78 is 19.0. The number of nitrogens with one attached hydrogen (secondary N) is 2. The molecular formula is C24H33N7O5. The minimum absolute atomic E-state index is 0.112. The van der Waals surface area contributed by atoms with Gasteiger partial charge in [-0.3, -0.25) is 9.36 Å². The molecule has 12 nitrogen and oxygen atoms in total. The van der Waals surface area contributed by atoms with Gasteiger partial charge in [0, 0.05) is 19.2 Å². The molecule has 1 aromatic carbocycles. The van der Waals surface area contributed by atoms with E-state index in [1.165, 1.54) is 19.7 Å². The summed E-state index contributed by atoms with van der Waals surface area (Å²) in [5, 5.41) is 16.5. The first-order chi connectivity index (χ1) is 17.4. The smallest absolute Gasteiger partial charge is 0.250 e. The number of anilines is 1. The molecule has 1 fully saturated rings. The van der Waals surface area contributed by atoms with Crippen molar-refractivity contribution in [1.82, 2.24) is 24.8 Å². The number of carbonyl (C=O) groups excluding carboxylic acids is 1. The molecule has 5 N–H and O–H groups in total. The number of fused-ring (bicyclic) bond motifs is 1. The van der Waals surface area contributed by atoms with E-state index in [1.54, 1.807) is 11.7 Å². The number of amides is 1. The molecule has 4 rings (SSSR count). The second-order valence-corrected chi connectivity index (χ2v) is 8.56. The molecule has 0 aliphatic carbocycles. The van der Waals surface area contributed by atoms with Gasteiger partial charge in [-0.05, 0) is 31.0 Å². The maximum atomic E-state index is 12.1. The number of likely N-dealkylation sites (N-methyl/N-ethyl adjacent to an activating group) is 1. The van der Waals surface area contributed by atoms with Crippen LogP contribution in [0.25, 0.3) is 11.2 Å². The Bertz CT molecular complexity index is 1200. The predicted octanol–water partition coefficient (Wildman–Crippen LogP) is 1.35. The van der Waals surface area contributed by atoms with E-state index in [9.17, 15) is 9.90 Å². The molecule has 0 unspecified atom stereocenters. The number of ether oxygens (including phenoxy) is 3. The first kappa shape index (κ1) is 25.6. The van der Waals surface area contributed by atoms with Crippen molar-refractivity contribution in [1.29, 1.82) is 0 Å². The lowest BCUT2D eigenvalue weighted by atomic mass is 10.1. The van der Waals surface area contributed by atoms with E-state index in [1.807, 2.05) is 18.2 Å². The minimum Gasteiger partial charge on any atom is -0.497 e. The van der Waals surface area contributed by atoms with Gasteiger partial charge >= 0.3 is 0 Å². The number of hydrogen-bond donors (Lipinski definition) is 4. The highest BCUT2D eigenvalue weighted by Gasteiger charge is 2.46. The van der Waals surface area contributed by atoms with Crippen molar-refractivity contribution in [3.05, 3.63) is 36.4 Å². The quantitative estimate of drug-likeness (QED) is 0.321. The lowest BCUT2D eigenvalue weighted by Gasteiger charge is -2.19. The fourth-order valence-electron chi connectivity index (χ4n) is 4.22. The Kier molecular flexibility index (Phi) is 7.87. The third-order valence-electron chi connectivity index (χ3n) is 6.38. The topological polar surface area (TPSA) is 159 Å². The molecule has 0 radical (unpaired) electrons. The number of aliphatic hydroxyl groups excluding tert-OH is 1. The summed E-state index contributed by atoms with van der Waals surface area (Å²) in [7, 11) is 3.11. The van der Waals surface area contributed by atoms with Crippen LogP contribution in [-0.2, 0) is 16.1 Å². The van der Waals surface area contributed by atoms with Gasteiger partial charge in [0.25, 0.3) is 5.91 Å². The summed E-state index contributed by atoms with van der Waals surface area (Å²) in [6.07, 6.45) is 1.76. The maximum absolute atomic E-state index is 12.1. The van der Waals surface area contributed by atoms with Crippen molar-refractivity contribution >= 4 is 22.9 Å². The largest absolute Gasteiger partial charge is 0.497 e. The molecule has 1 amide bonds. The van der Waals surface area contributed by atoms with E-state index in [-0.39, 0.29) is 6.10 Å². The van der Waals surface area contributed by atoms with Crippen LogP contribution in [-0.4, -0.2) is 69.0 Å². The molecule has 3 heterocycles. The normalized spacial score (nSPS) is 21.6. The summed E-state index contributed by atoms with van der Waals surface area (Å²) in [4.78, 5) is 25.2. The van der Waals surface area contributed by atoms with Gasteiger partial charge in [0.1, 0.15) is 23.9 Å². The summed E-state index contributed by atoms with van der Waals surface area (Å²) in [6.45, 7) is 4.59. The Labute approximate surface area is 209 Å². The first-order valence-corrected chi connectivity index (χ1v) is 12.0. The van der Waals surface area contributed by atoms with Crippen LogP contribution in [0.2, 0.25) is 0 Å². The van der Waals surface area contributed by atoms with Crippen LogP contribution in [0.15, 0.2) is 30.9 Å². The van der Waals surface area contributed by atoms with Gasteiger partial charge in [0.15, 0.2) is 29.3 Å². The molecule has 2 aromatic heterocycles. The van der Waals surface area contributed by atoms with Gasteiger partial charge in [-0.2, -0.15) is 0 Å². The Morgan fingerprint density at radius 2 is 2.06 bits per heavy atom. The molecule has 1 saturated heterocycles. The maximum Gasteiger partial charge on any atom is 0.250 e. The zero-order valence-electron chi connectivity index (χ0n) is 20.8. The van der Waals surface area contributed by atoms with Crippen LogP contribution >= 0.6 is 0 Å². The number of rotatable bonds is 10. The van der Waals surface area contributed by atoms with Crippen molar-refractivity contribution in [3.63, 3.8) is 0 Å². The van der Waals surface area contributed by atoms with Crippen LogP contribution in [0.4, 0.5) is 5.82 Å². The number of methoxy groups -OCH3 is 1. The molecule has 3 aromatic rings. The zero-order valence-corrected chi connectivity index (χ0v) is 20.8. The molecule has 4 atom stereocenters. The van der Waals surface area contributed by atoms with E-state index in [4.69, 9.17) is 19.9 Å². The molecule has 194 valence electrons. The number of nitrogens with zero attached hydrogens (tertiary/aromatic N) is 4. The molecule has 0 saturated carbocycles. The van der Waals surface area contributed by atoms with E-state index in [0.29, 0.717) is 23.5 Å². The van der Waals surface area contributed by atoms with E-state index >= 15 is 0 Å². The zero-order chi connectivity index (χ0) is 25.8. The van der Waals surface area contributed by atoms with Crippen molar-refractivity contribution in [3.8, 4) is 11.5 Å². The van der Waals surface area contributed by atoms with Crippen LogP contribution in [0.5, 0.6) is 11.5 Å². The van der Waals surface area contributed by atoms with Crippen LogP contribution in [0, 0.1) is 0 Å². The number of nitrogens with two attached hydrogens (primary N) is 1. The number of carbonyl (C=O) groups is 1. The highest BCUT2D eigenvalue weighted by atomic mass is 16.5. The average Bonchev–Trinajstić information content (AvgIpc) is 3.46. The number of aromatic nitrogens is 4. The number of benzene rings is 1. The van der Waals surface area contributed by atoms with Crippen molar-refractivity contribution in [2.75, 3.05) is 19.5 Å². The van der Waals surface area contributed by atoms with Crippen LogP contribution < -0.4 is 25.8 Å². The standard InChI is InChI=1S/C24H33N7O5/c1-5-14(6-2)35-16-8-7-15(34-4)9-13(16)10-27-21-18-22(29-11-28-21)31(12-30-18)24-19(32)17(25)20(36-24)23(33)26-3/h7-9,11-12,14,17,19-20,24,32H,5-6,10,25H2,1-4H3,(H,26,33)(H,27,28,29)/t17-,19+,20-,24+/m0/s1. The van der Waals surface area contributed by atoms with Crippen LogP contribution in [0.1, 0.15) is 38.5 Å². The minimum atomic E-state index is -1.13. The fraction of sp³-hybridized carbons (Fsp3) is 0.500. The van der Waals surface area contributed by atoms with Crippen molar-refractivity contribution < 1.29 is 24.1 Å². The second-order valence-electron chi connectivity index (χ2n) is 8.56. The molecular weight excluding hydrogens is 466 g/mol. The lowest BCUT2D eigenvalue weighted by molar-refractivity contribution is -0.134. The third kappa shape index (κ3) is 4.92. The molecule has 12 heteroatoms. The van der Waals surface area contributed by atoms with Gasteiger partial charge in [-0.25, -0.2) is 15.0 Å². The number of hydrogen-bond acceptors (Lipinski definition) is 10. The lowest BCUT2D eigenvalue weighted by Crippen LogP contribution is -2.46. The van der Waals surface area contributed by atoms with Gasteiger partial charge in [-0.15, -0.1) is 0 Å². The van der Waals surface area contributed by atoms with E-state index in [0.717, 1.165) is 29.9 Å². The van der Waals surface area contributed by atoms with Gasteiger partial charge in [-0.1, -0.05) is 13.8 Å². The summed E-state index contributed by atoms with van der Waals surface area (Å²) in [5.41, 5.74) is 7.85.